The SMILES string of the molecule is COc1ccc2c3c1OC1CC(COC(=O)c4cnc[nH]4)C=C(C)C31CCN(C)C2. The van der Waals surface area contributed by atoms with Gasteiger partial charge in [0.1, 0.15) is 11.8 Å². The van der Waals surface area contributed by atoms with Crippen LogP contribution in [0.5, 0.6) is 11.5 Å². The lowest BCUT2D eigenvalue weighted by atomic mass is 9.63. The molecule has 0 fully saturated rings. The minimum absolute atomic E-state index is 0.00917. The Morgan fingerprint density at radius 3 is 3.07 bits per heavy atom. The van der Waals surface area contributed by atoms with Crippen molar-refractivity contribution in [2.75, 3.05) is 27.3 Å². The monoisotopic (exact) mass is 409 g/mol. The summed E-state index contributed by atoms with van der Waals surface area (Å²) in [6, 6.07) is 4.19. The van der Waals surface area contributed by atoms with E-state index in [0.29, 0.717) is 12.3 Å². The third-order valence-corrected chi connectivity index (χ3v) is 6.86. The highest BCUT2D eigenvalue weighted by atomic mass is 16.5. The van der Waals surface area contributed by atoms with E-state index in [0.717, 1.165) is 37.4 Å². The molecule has 1 N–H and O–H groups in total. The largest absolute Gasteiger partial charge is 0.493 e. The molecule has 0 radical (unpaired) electrons. The molecular formula is C23H27N3O4. The van der Waals surface area contributed by atoms with E-state index in [2.05, 4.69) is 41.0 Å². The predicted octanol–water partition coefficient (Wildman–Crippen LogP) is 3.08. The van der Waals surface area contributed by atoms with Crippen molar-refractivity contribution in [3.63, 3.8) is 0 Å². The van der Waals surface area contributed by atoms with Crippen LogP contribution in [0, 0.1) is 5.92 Å². The molecule has 3 atom stereocenters. The Hall–Kier alpha value is -2.80. The first kappa shape index (κ1) is 19.2. The molecule has 1 aliphatic carbocycles. The Morgan fingerprint density at radius 2 is 2.30 bits per heavy atom. The number of imidazole rings is 1. The molecule has 7 nitrogen and oxygen atoms in total. The predicted molar refractivity (Wildman–Crippen MR) is 111 cm³/mol. The second-order valence-corrected chi connectivity index (χ2v) is 8.61. The second-order valence-electron chi connectivity index (χ2n) is 8.61. The number of H-pyrrole nitrogens is 1. The van der Waals surface area contributed by atoms with Gasteiger partial charge >= 0.3 is 5.97 Å². The number of benzene rings is 1. The molecule has 0 saturated carbocycles. The van der Waals surface area contributed by atoms with E-state index in [1.54, 1.807) is 7.11 Å². The molecule has 5 rings (SSSR count). The van der Waals surface area contributed by atoms with Gasteiger partial charge in [0.2, 0.25) is 0 Å². The first-order chi connectivity index (χ1) is 14.5. The van der Waals surface area contributed by atoms with E-state index >= 15 is 0 Å². The van der Waals surface area contributed by atoms with Gasteiger partial charge in [-0.15, -0.1) is 0 Å². The van der Waals surface area contributed by atoms with Gasteiger partial charge in [-0.1, -0.05) is 17.7 Å². The number of ether oxygens (including phenoxy) is 3. The zero-order chi connectivity index (χ0) is 20.9. The second kappa shape index (κ2) is 7.16. The van der Waals surface area contributed by atoms with Crippen LogP contribution in [0.1, 0.15) is 41.4 Å². The molecule has 2 aliphatic heterocycles. The molecule has 30 heavy (non-hydrogen) atoms. The molecule has 158 valence electrons. The van der Waals surface area contributed by atoms with Gasteiger partial charge in [-0.3, -0.25) is 0 Å². The number of hydrogen-bond donors (Lipinski definition) is 1. The lowest BCUT2D eigenvalue weighted by molar-refractivity contribution is 0.0387. The van der Waals surface area contributed by atoms with Gasteiger partial charge in [-0.05, 0) is 45.0 Å². The molecule has 2 aromatic rings. The van der Waals surface area contributed by atoms with Crippen LogP contribution in [0.4, 0.5) is 0 Å². The Bertz CT molecular complexity index is 1000. The summed E-state index contributed by atoms with van der Waals surface area (Å²) in [5.74, 6) is 1.41. The first-order valence-electron chi connectivity index (χ1n) is 10.4. The van der Waals surface area contributed by atoms with Crippen LogP contribution in [0.25, 0.3) is 0 Å². The van der Waals surface area contributed by atoms with E-state index < -0.39 is 0 Å². The first-order valence-corrected chi connectivity index (χ1v) is 10.4. The summed E-state index contributed by atoms with van der Waals surface area (Å²) in [7, 11) is 3.86. The highest BCUT2D eigenvalue weighted by Crippen LogP contribution is 2.58. The summed E-state index contributed by atoms with van der Waals surface area (Å²) in [5, 5.41) is 0. The zero-order valence-electron chi connectivity index (χ0n) is 17.6. The Balaban J connectivity index is 1.47. The summed E-state index contributed by atoms with van der Waals surface area (Å²) in [6.45, 7) is 4.43. The summed E-state index contributed by atoms with van der Waals surface area (Å²) < 4.78 is 17.8. The van der Waals surface area contributed by atoms with Crippen molar-refractivity contribution < 1.29 is 19.0 Å². The summed E-state index contributed by atoms with van der Waals surface area (Å²) >= 11 is 0. The fourth-order valence-corrected chi connectivity index (χ4v) is 5.42. The summed E-state index contributed by atoms with van der Waals surface area (Å²) in [4.78, 5) is 21.2. The van der Waals surface area contributed by atoms with Gasteiger partial charge in [0.05, 0.1) is 31.7 Å². The number of aromatic amines is 1. The molecular weight excluding hydrogens is 382 g/mol. The summed E-state index contributed by atoms with van der Waals surface area (Å²) in [6.07, 6.45) is 7.05. The van der Waals surface area contributed by atoms with Gasteiger partial charge in [0.25, 0.3) is 0 Å². The van der Waals surface area contributed by atoms with Gasteiger partial charge in [0.15, 0.2) is 11.5 Å². The third-order valence-electron chi connectivity index (χ3n) is 6.86. The van der Waals surface area contributed by atoms with Crippen molar-refractivity contribution in [3.8, 4) is 11.5 Å². The molecule has 0 saturated heterocycles. The number of nitrogens with one attached hydrogen (secondary N) is 1. The minimum atomic E-state index is -0.380. The van der Waals surface area contributed by atoms with Gasteiger partial charge in [-0.2, -0.15) is 0 Å². The van der Waals surface area contributed by atoms with E-state index in [1.165, 1.54) is 29.2 Å². The number of carbonyl (C=O) groups is 1. The van der Waals surface area contributed by atoms with E-state index in [-0.39, 0.29) is 23.4 Å². The van der Waals surface area contributed by atoms with Gasteiger partial charge in [0, 0.05) is 18.0 Å². The standard InChI is InChI=1S/C23H27N3O4/c1-14-8-15(12-29-22(27)17-10-24-13-25-17)9-19-23(14)6-7-26(2)11-16-4-5-18(28-3)21(30-19)20(16)23/h4-5,8,10,13,15,19H,6-7,9,11-12H2,1-3H3,(H,24,25). The van der Waals surface area contributed by atoms with Crippen molar-refractivity contribution >= 4 is 5.97 Å². The third kappa shape index (κ3) is 2.83. The molecule has 1 spiro atoms. The highest BCUT2D eigenvalue weighted by molar-refractivity contribution is 5.86. The molecule has 3 aliphatic rings. The molecule has 1 aromatic heterocycles. The Kier molecular flexibility index (Phi) is 4.58. The fraction of sp³-hybridized carbons (Fsp3) is 0.478. The van der Waals surface area contributed by atoms with Crippen LogP contribution in [0.15, 0.2) is 36.3 Å². The van der Waals surface area contributed by atoms with Crippen LogP contribution < -0.4 is 9.47 Å². The molecule has 0 amide bonds. The van der Waals surface area contributed by atoms with Crippen molar-refractivity contribution in [2.45, 2.75) is 37.8 Å². The van der Waals surface area contributed by atoms with E-state index in [1.807, 2.05) is 6.07 Å². The molecule has 3 unspecified atom stereocenters. The van der Waals surface area contributed by atoms with E-state index in [9.17, 15) is 4.79 Å². The van der Waals surface area contributed by atoms with Gasteiger partial charge < -0.3 is 24.1 Å². The van der Waals surface area contributed by atoms with Crippen LogP contribution in [0.3, 0.4) is 0 Å². The lowest BCUT2D eigenvalue weighted by Gasteiger charge is -2.41. The topological polar surface area (TPSA) is 76.7 Å². The highest BCUT2D eigenvalue weighted by Gasteiger charge is 2.55. The summed E-state index contributed by atoms with van der Waals surface area (Å²) in [5.41, 5.74) is 4.12. The number of rotatable bonds is 4. The van der Waals surface area contributed by atoms with Crippen molar-refractivity contribution in [2.24, 2.45) is 5.92 Å². The maximum absolute atomic E-state index is 12.2. The quantitative estimate of drug-likeness (QED) is 0.618. The average molecular weight is 409 g/mol. The molecule has 1 aromatic carbocycles. The molecule has 7 heteroatoms. The maximum atomic E-state index is 12.2. The zero-order valence-corrected chi connectivity index (χ0v) is 17.6. The normalized spacial score (nSPS) is 27.4. The Labute approximate surface area is 176 Å². The molecule has 3 heterocycles. The van der Waals surface area contributed by atoms with Crippen LogP contribution >= 0.6 is 0 Å². The van der Waals surface area contributed by atoms with Crippen molar-refractivity contribution in [3.05, 3.63) is 53.1 Å². The number of nitrogens with zero attached hydrogens (tertiary/aromatic N) is 2. The van der Waals surface area contributed by atoms with E-state index in [4.69, 9.17) is 14.2 Å². The number of esters is 1. The average Bonchev–Trinajstić information content (AvgIpc) is 3.35. The van der Waals surface area contributed by atoms with Gasteiger partial charge in [-0.25, -0.2) is 9.78 Å². The number of hydrogen-bond acceptors (Lipinski definition) is 6. The van der Waals surface area contributed by atoms with Crippen molar-refractivity contribution in [1.82, 2.24) is 14.9 Å². The number of carbonyl (C=O) groups excluding carboxylic acids is 1. The minimum Gasteiger partial charge on any atom is -0.493 e. The smallest absolute Gasteiger partial charge is 0.356 e. The lowest BCUT2D eigenvalue weighted by Crippen LogP contribution is -2.45. The van der Waals surface area contributed by atoms with Crippen LogP contribution in [-0.4, -0.2) is 54.3 Å². The molecule has 0 bridgehead atoms. The maximum Gasteiger partial charge on any atom is 0.356 e. The number of methoxy groups -OCH3 is 1. The van der Waals surface area contributed by atoms with Crippen LogP contribution in [-0.2, 0) is 16.7 Å². The Morgan fingerprint density at radius 1 is 1.43 bits per heavy atom. The number of aromatic nitrogens is 2. The van der Waals surface area contributed by atoms with Crippen LogP contribution in [0.2, 0.25) is 0 Å². The fourth-order valence-electron chi connectivity index (χ4n) is 5.42. The van der Waals surface area contributed by atoms with Crippen molar-refractivity contribution in [1.29, 1.82) is 0 Å².